The monoisotopic (exact) mass is 293 g/mol. The Morgan fingerprint density at radius 2 is 1.95 bits per heavy atom. The van der Waals surface area contributed by atoms with E-state index in [1.807, 2.05) is 0 Å². The van der Waals surface area contributed by atoms with Crippen molar-refractivity contribution in [2.75, 3.05) is 26.2 Å². The summed E-state index contributed by atoms with van der Waals surface area (Å²) < 4.78 is 0. The molecule has 0 amide bonds. The van der Waals surface area contributed by atoms with Crippen LogP contribution in [0.25, 0.3) is 0 Å². The first-order valence-corrected chi connectivity index (χ1v) is 9.26. The molecule has 3 fully saturated rings. The number of nitrogens with one attached hydrogen (secondary N) is 1. The highest BCUT2D eigenvalue weighted by Gasteiger charge is 2.45. The highest BCUT2D eigenvalue weighted by Crippen LogP contribution is 2.39. The Morgan fingerprint density at radius 1 is 1.14 bits per heavy atom. The zero-order valence-corrected chi connectivity index (χ0v) is 14.6. The number of hydrogen-bond acceptors (Lipinski definition) is 3. The minimum atomic E-state index is 0.436. The molecular formula is C18H35N3. The topological polar surface area (TPSA) is 18.5 Å². The zero-order valence-electron chi connectivity index (χ0n) is 14.6. The van der Waals surface area contributed by atoms with Crippen molar-refractivity contribution in [2.24, 2.45) is 5.41 Å². The molecule has 2 aliphatic heterocycles. The second-order valence-corrected chi connectivity index (χ2v) is 8.32. The fraction of sp³-hybridized carbons (Fsp3) is 1.00. The van der Waals surface area contributed by atoms with Crippen molar-refractivity contribution in [3.05, 3.63) is 0 Å². The second kappa shape index (κ2) is 6.17. The summed E-state index contributed by atoms with van der Waals surface area (Å²) >= 11 is 0. The Bertz CT molecular complexity index is 354. The predicted octanol–water partition coefficient (Wildman–Crippen LogP) is 2.71. The SMILES string of the molecule is CCNC1C(N2CC3CCCN3CC2C)CCCC1(C)C. The van der Waals surface area contributed by atoms with E-state index < -0.39 is 0 Å². The van der Waals surface area contributed by atoms with Crippen LogP contribution in [0.5, 0.6) is 0 Å². The molecule has 1 N–H and O–H groups in total. The molecule has 1 aliphatic carbocycles. The molecule has 21 heavy (non-hydrogen) atoms. The summed E-state index contributed by atoms with van der Waals surface area (Å²) in [4.78, 5) is 5.62. The summed E-state index contributed by atoms with van der Waals surface area (Å²) in [5, 5.41) is 3.85. The van der Waals surface area contributed by atoms with Crippen LogP contribution in [0.2, 0.25) is 0 Å². The molecule has 3 rings (SSSR count). The van der Waals surface area contributed by atoms with E-state index in [2.05, 4.69) is 42.8 Å². The predicted molar refractivity (Wildman–Crippen MR) is 89.6 cm³/mol. The third-order valence-corrected chi connectivity index (χ3v) is 6.38. The molecule has 4 atom stereocenters. The van der Waals surface area contributed by atoms with Crippen LogP contribution in [0.15, 0.2) is 0 Å². The highest BCUT2D eigenvalue weighted by atomic mass is 15.3. The van der Waals surface area contributed by atoms with Crippen molar-refractivity contribution >= 4 is 0 Å². The molecule has 3 aliphatic rings. The van der Waals surface area contributed by atoms with E-state index in [1.165, 1.54) is 51.7 Å². The van der Waals surface area contributed by atoms with Crippen LogP contribution in [-0.2, 0) is 0 Å². The maximum atomic E-state index is 3.85. The van der Waals surface area contributed by atoms with Crippen molar-refractivity contribution in [3.8, 4) is 0 Å². The summed E-state index contributed by atoms with van der Waals surface area (Å²) in [6, 6.07) is 2.96. The average Bonchev–Trinajstić information content (AvgIpc) is 2.87. The lowest BCUT2D eigenvalue weighted by Crippen LogP contribution is -2.65. The number of likely N-dealkylation sites (N-methyl/N-ethyl adjacent to an activating group) is 1. The fourth-order valence-electron chi connectivity index (χ4n) is 5.27. The molecule has 0 aromatic heterocycles. The van der Waals surface area contributed by atoms with Crippen LogP contribution < -0.4 is 5.32 Å². The van der Waals surface area contributed by atoms with E-state index in [9.17, 15) is 0 Å². The fourth-order valence-corrected chi connectivity index (χ4v) is 5.27. The third kappa shape index (κ3) is 3.02. The van der Waals surface area contributed by atoms with Crippen LogP contribution >= 0.6 is 0 Å². The Morgan fingerprint density at radius 3 is 2.71 bits per heavy atom. The molecule has 1 saturated carbocycles. The van der Waals surface area contributed by atoms with Crippen LogP contribution in [-0.4, -0.2) is 60.1 Å². The summed E-state index contributed by atoms with van der Waals surface area (Å²) in [5.74, 6) is 0. The number of fused-ring (bicyclic) bond motifs is 1. The highest BCUT2D eigenvalue weighted by molar-refractivity contribution is 5.02. The first kappa shape index (κ1) is 15.8. The normalized spacial score (nSPS) is 41.1. The van der Waals surface area contributed by atoms with Gasteiger partial charge in [-0.15, -0.1) is 0 Å². The van der Waals surface area contributed by atoms with E-state index in [4.69, 9.17) is 0 Å². The van der Waals surface area contributed by atoms with Gasteiger partial charge in [-0.3, -0.25) is 9.80 Å². The van der Waals surface area contributed by atoms with Crippen LogP contribution in [0.1, 0.15) is 59.8 Å². The molecule has 3 heteroatoms. The van der Waals surface area contributed by atoms with Crippen molar-refractivity contribution in [3.63, 3.8) is 0 Å². The molecule has 0 radical (unpaired) electrons. The standard InChI is InChI=1S/C18H35N3/c1-5-19-17-16(9-6-10-18(17,3)4)21-13-15-8-7-11-20(15)12-14(21)2/h14-17,19H,5-13H2,1-4H3. The maximum absolute atomic E-state index is 3.85. The van der Waals surface area contributed by atoms with Crippen molar-refractivity contribution < 1.29 is 0 Å². The van der Waals surface area contributed by atoms with Gasteiger partial charge >= 0.3 is 0 Å². The Labute approximate surface area is 131 Å². The average molecular weight is 293 g/mol. The van der Waals surface area contributed by atoms with Gasteiger partial charge in [0, 0.05) is 37.3 Å². The summed E-state index contributed by atoms with van der Waals surface area (Å²) in [7, 11) is 0. The molecule has 0 aromatic carbocycles. The molecular weight excluding hydrogens is 258 g/mol. The lowest BCUT2D eigenvalue weighted by molar-refractivity contribution is -0.0229. The summed E-state index contributed by atoms with van der Waals surface area (Å²) in [6.07, 6.45) is 7.00. The number of hydrogen-bond donors (Lipinski definition) is 1. The van der Waals surface area contributed by atoms with E-state index >= 15 is 0 Å². The van der Waals surface area contributed by atoms with Gasteiger partial charge in [-0.25, -0.2) is 0 Å². The van der Waals surface area contributed by atoms with Gasteiger partial charge in [0.2, 0.25) is 0 Å². The molecule has 0 spiro atoms. The van der Waals surface area contributed by atoms with Crippen LogP contribution in [0, 0.1) is 5.41 Å². The minimum absolute atomic E-state index is 0.436. The lowest BCUT2D eigenvalue weighted by Gasteiger charge is -2.53. The first-order chi connectivity index (χ1) is 10.0. The zero-order chi connectivity index (χ0) is 15.0. The van der Waals surface area contributed by atoms with Crippen molar-refractivity contribution in [2.45, 2.75) is 84.0 Å². The van der Waals surface area contributed by atoms with Gasteiger partial charge in [0.1, 0.15) is 0 Å². The van der Waals surface area contributed by atoms with Gasteiger partial charge in [0.25, 0.3) is 0 Å². The Kier molecular flexibility index (Phi) is 4.63. The molecule has 2 saturated heterocycles. The van der Waals surface area contributed by atoms with Gasteiger partial charge < -0.3 is 5.32 Å². The number of rotatable bonds is 3. The van der Waals surface area contributed by atoms with Crippen molar-refractivity contribution in [1.29, 1.82) is 0 Å². The largest absolute Gasteiger partial charge is 0.312 e. The van der Waals surface area contributed by atoms with Gasteiger partial charge in [0.15, 0.2) is 0 Å². The van der Waals surface area contributed by atoms with E-state index in [-0.39, 0.29) is 0 Å². The van der Waals surface area contributed by atoms with E-state index in [0.29, 0.717) is 11.5 Å². The molecule has 122 valence electrons. The molecule has 0 aromatic rings. The summed E-state index contributed by atoms with van der Waals surface area (Å²) in [6.45, 7) is 14.7. The third-order valence-electron chi connectivity index (χ3n) is 6.38. The maximum Gasteiger partial charge on any atom is 0.0274 e. The van der Waals surface area contributed by atoms with Gasteiger partial charge in [0.05, 0.1) is 0 Å². The lowest BCUT2D eigenvalue weighted by atomic mass is 9.70. The van der Waals surface area contributed by atoms with Gasteiger partial charge in [-0.2, -0.15) is 0 Å². The van der Waals surface area contributed by atoms with Gasteiger partial charge in [-0.1, -0.05) is 27.2 Å². The van der Waals surface area contributed by atoms with Gasteiger partial charge in [-0.05, 0) is 51.1 Å². The minimum Gasteiger partial charge on any atom is -0.312 e. The number of piperazine rings is 1. The van der Waals surface area contributed by atoms with E-state index in [1.54, 1.807) is 0 Å². The second-order valence-electron chi connectivity index (χ2n) is 8.32. The summed E-state index contributed by atoms with van der Waals surface area (Å²) in [5.41, 5.74) is 0.436. The Hall–Kier alpha value is -0.120. The Balaban J connectivity index is 1.76. The van der Waals surface area contributed by atoms with E-state index in [0.717, 1.165) is 24.7 Å². The molecule has 4 unspecified atom stereocenters. The van der Waals surface area contributed by atoms with Crippen LogP contribution in [0.4, 0.5) is 0 Å². The molecule has 0 bridgehead atoms. The quantitative estimate of drug-likeness (QED) is 0.863. The molecule has 2 heterocycles. The molecule has 3 nitrogen and oxygen atoms in total. The smallest absolute Gasteiger partial charge is 0.0274 e. The van der Waals surface area contributed by atoms with Crippen LogP contribution in [0.3, 0.4) is 0 Å². The first-order valence-electron chi connectivity index (χ1n) is 9.26. The van der Waals surface area contributed by atoms with Crippen molar-refractivity contribution in [1.82, 2.24) is 15.1 Å². The number of nitrogens with zero attached hydrogens (tertiary/aromatic N) is 2.